The van der Waals surface area contributed by atoms with Crippen LogP contribution in [-0.2, 0) is 19.3 Å². The van der Waals surface area contributed by atoms with Crippen LogP contribution in [0.25, 0.3) is 11.3 Å². The third-order valence-electron chi connectivity index (χ3n) is 3.67. The minimum absolute atomic E-state index is 0.636. The van der Waals surface area contributed by atoms with Gasteiger partial charge in [0.15, 0.2) is 0 Å². The highest BCUT2D eigenvalue weighted by molar-refractivity contribution is 5.60. The molecular weight excluding hydrogens is 222 g/mol. The van der Waals surface area contributed by atoms with Gasteiger partial charge in [-0.3, -0.25) is 0 Å². The van der Waals surface area contributed by atoms with Crippen molar-refractivity contribution in [2.45, 2.75) is 32.1 Å². The Morgan fingerprint density at radius 2 is 2.00 bits per heavy atom. The summed E-state index contributed by atoms with van der Waals surface area (Å²) in [6, 6.07) is 6.78. The Morgan fingerprint density at radius 1 is 1.17 bits per heavy atom. The quantitative estimate of drug-likeness (QED) is 0.867. The molecule has 0 spiro atoms. The van der Waals surface area contributed by atoms with Gasteiger partial charge in [0.2, 0.25) is 0 Å². The first kappa shape index (κ1) is 11.5. The Labute approximate surface area is 107 Å². The third-order valence-corrected chi connectivity index (χ3v) is 3.67. The first-order valence-corrected chi connectivity index (χ1v) is 6.73. The Hall–Kier alpha value is -1.61. The molecule has 1 aliphatic rings. The Balaban J connectivity index is 1.91. The fourth-order valence-electron chi connectivity index (χ4n) is 2.67. The van der Waals surface area contributed by atoms with Crippen molar-refractivity contribution >= 4 is 0 Å². The highest BCUT2D eigenvalue weighted by Gasteiger charge is 2.11. The number of nitrogens with zero attached hydrogens (tertiary/aromatic N) is 1. The summed E-state index contributed by atoms with van der Waals surface area (Å²) >= 11 is 0. The highest BCUT2D eigenvalue weighted by Crippen LogP contribution is 2.26. The van der Waals surface area contributed by atoms with Crippen molar-refractivity contribution in [1.82, 2.24) is 9.97 Å². The van der Waals surface area contributed by atoms with Gasteiger partial charge in [-0.1, -0.05) is 12.1 Å². The average molecular weight is 241 g/mol. The van der Waals surface area contributed by atoms with Crippen LogP contribution in [0.3, 0.4) is 0 Å². The zero-order valence-electron chi connectivity index (χ0n) is 10.6. The van der Waals surface area contributed by atoms with E-state index in [0.717, 1.165) is 17.9 Å². The number of H-pyrrole nitrogens is 1. The summed E-state index contributed by atoms with van der Waals surface area (Å²) in [6.07, 6.45) is 7.82. The topological polar surface area (TPSA) is 54.7 Å². The maximum Gasteiger partial charge on any atom is 0.107 e. The molecule has 3 N–H and O–H groups in total. The summed E-state index contributed by atoms with van der Waals surface area (Å²) < 4.78 is 0. The Kier molecular flexibility index (Phi) is 3.15. The molecule has 1 aliphatic carbocycles. The van der Waals surface area contributed by atoms with Crippen molar-refractivity contribution in [1.29, 1.82) is 0 Å². The molecule has 0 amide bonds. The number of rotatable bonds is 3. The van der Waals surface area contributed by atoms with Crippen molar-refractivity contribution in [3.63, 3.8) is 0 Å². The molecule has 1 aromatic carbocycles. The molecular formula is C15H19N3. The van der Waals surface area contributed by atoms with Crippen LogP contribution in [0.5, 0.6) is 0 Å². The zero-order chi connectivity index (χ0) is 12.4. The Morgan fingerprint density at radius 3 is 2.83 bits per heavy atom. The molecule has 0 atom stereocenters. The Bertz CT molecular complexity index is 542. The number of benzene rings is 1. The van der Waals surface area contributed by atoms with Gasteiger partial charge in [-0.2, -0.15) is 0 Å². The van der Waals surface area contributed by atoms with Gasteiger partial charge in [0.1, 0.15) is 5.82 Å². The number of aryl methyl sites for hydroxylation is 2. The largest absolute Gasteiger partial charge is 0.342 e. The van der Waals surface area contributed by atoms with Crippen LogP contribution in [-0.4, -0.2) is 16.5 Å². The van der Waals surface area contributed by atoms with Crippen molar-refractivity contribution in [2.75, 3.05) is 6.54 Å². The number of nitrogens with two attached hydrogens (primary N) is 1. The van der Waals surface area contributed by atoms with E-state index in [1.807, 2.05) is 6.20 Å². The molecule has 0 unspecified atom stereocenters. The second kappa shape index (κ2) is 4.94. The van der Waals surface area contributed by atoms with Gasteiger partial charge in [-0.05, 0) is 55.0 Å². The molecule has 1 heterocycles. The van der Waals surface area contributed by atoms with Crippen molar-refractivity contribution < 1.29 is 0 Å². The summed E-state index contributed by atoms with van der Waals surface area (Å²) in [5.41, 5.74) is 10.9. The molecule has 0 fully saturated rings. The maximum atomic E-state index is 5.54. The van der Waals surface area contributed by atoms with Gasteiger partial charge in [-0.15, -0.1) is 0 Å². The number of imidazole rings is 1. The van der Waals surface area contributed by atoms with E-state index in [9.17, 15) is 0 Å². The van der Waals surface area contributed by atoms with Crippen LogP contribution in [0.15, 0.2) is 24.4 Å². The second-order valence-electron chi connectivity index (χ2n) is 4.97. The fraction of sp³-hybridized carbons (Fsp3) is 0.400. The van der Waals surface area contributed by atoms with Crippen LogP contribution in [0.4, 0.5) is 0 Å². The molecule has 0 aliphatic heterocycles. The van der Waals surface area contributed by atoms with E-state index in [-0.39, 0.29) is 0 Å². The van der Waals surface area contributed by atoms with E-state index < -0.39 is 0 Å². The smallest absolute Gasteiger partial charge is 0.107 e. The third kappa shape index (κ3) is 2.18. The first-order chi connectivity index (χ1) is 8.86. The molecule has 0 saturated carbocycles. The predicted molar refractivity (Wildman–Crippen MR) is 73.4 cm³/mol. The zero-order valence-corrected chi connectivity index (χ0v) is 10.6. The lowest BCUT2D eigenvalue weighted by Crippen LogP contribution is -2.04. The van der Waals surface area contributed by atoms with Crippen LogP contribution in [0, 0.1) is 0 Å². The molecule has 18 heavy (non-hydrogen) atoms. The summed E-state index contributed by atoms with van der Waals surface area (Å²) in [6.45, 7) is 0.636. The molecule has 3 rings (SSSR count). The van der Waals surface area contributed by atoms with E-state index in [2.05, 4.69) is 28.2 Å². The van der Waals surface area contributed by atoms with Gasteiger partial charge in [-0.25, -0.2) is 4.98 Å². The monoisotopic (exact) mass is 241 g/mol. The minimum atomic E-state index is 0.636. The summed E-state index contributed by atoms with van der Waals surface area (Å²) in [4.78, 5) is 7.70. The fourth-order valence-corrected chi connectivity index (χ4v) is 2.67. The summed E-state index contributed by atoms with van der Waals surface area (Å²) in [5.74, 6) is 0.977. The van der Waals surface area contributed by atoms with Gasteiger partial charge in [0, 0.05) is 6.42 Å². The van der Waals surface area contributed by atoms with Crippen molar-refractivity contribution in [3.05, 3.63) is 41.3 Å². The molecule has 94 valence electrons. The van der Waals surface area contributed by atoms with Crippen molar-refractivity contribution in [2.24, 2.45) is 5.73 Å². The lowest BCUT2D eigenvalue weighted by molar-refractivity contribution is 0.686. The SMILES string of the molecule is NCCc1ncc(-c2ccc3c(c2)CCCC3)[nH]1. The van der Waals surface area contributed by atoms with E-state index >= 15 is 0 Å². The molecule has 3 nitrogen and oxygen atoms in total. The van der Waals surface area contributed by atoms with E-state index in [1.165, 1.54) is 42.4 Å². The number of aromatic nitrogens is 2. The normalized spacial score (nSPS) is 14.5. The van der Waals surface area contributed by atoms with Crippen LogP contribution >= 0.6 is 0 Å². The van der Waals surface area contributed by atoms with Gasteiger partial charge < -0.3 is 10.7 Å². The van der Waals surface area contributed by atoms with Gasteiger partial charge >= 0.3 is 0 Å². The van der Waals surface area contributed by atoms with E-state index in [4.69, 9.17) is 5.73 Å². The number of aromatic amines is 1. The standard InChI is InChI=1S/C15H19N3/c16-8-7-15-17-10-14(18-15)13-6-5-11-3-1-2-4-12(11)9-13/h5-6,9-10H,1-4,7-8,16H2,(H,17,18). The molecule has 1 aromatic heterocycles. The van der Waals surface area contributed by atoms with Crippen LogP contribution in [0.2, 0.25) is 0 Å². The predicted octanol–water partition coefficient (Wildman–Crippen LogP) is 2.46. The van der Waals surface area contributed by atoms with Crippen LogP contribution in [0.1, 0.15) is 29.8 Å². The summed E-state index contributed by atoms with van der Waals surface area (Å²) in [7, 11) is 0. The highest BCUT2D eigenvalue weighted by atomic mass is 14.9. The van der Waals surface area contributed by atoms with Crippen LogP contribution < -0.4 is 5.73 Å². The summed E-state index contributed by atoms with van der Waals surface area (Å²) in [5, 5.41) is 0. The number of fused-ring (bicyclic) bond motifs is 1. The molecule has 0 saturated heterocycles. The minimum Gasteiger partial charge on any atom is -0.342 e. The molecule has 3 heteroatoms. The van der Waals surface area contributed by atoms with E-state index in [0.29, 0.717) is 6.54 Å². The maximum absolute atomic E-state index is 5.54. The number of nitrogens with one attached hydrogen (secondary N) is 1. The van der Waals surface area contributed by atoms with E-state index in [1.54, 1.807) is 0 Å². The average Bonchev–Trinajstić information content (AvgIpc) is 2.87. The lowest BCUT2D eigenvalue weighted by Gasteiger charge is -2.16. The number of hydrogen-bond acceptors (Lipinski definition) is 2. The molecule has 0 bridgehead atoms. The molecule has 0 radical (unpaired) electrons. The van der Waals surface area contributed by atoms with Gasteiger partial charge in [0.25, 0.3) is 0 Å². The molecule has 2 aromatic rings. The lowest BCUT2D eigenvalue weighted by atomic mass is 9.90. The first-order valence-electron chi connectivity index (χ1n) is 6.73. The number of hydrogen-bond donors (Lipinski definition) is 2. The second-order valence-corrected chi connectivity index (χ2v) is 4.97. The van der Waals surface area contributed by atoms with Crippen molar-refractivity contribution in [3.8, 4) is 11.3 Å². The van der Waals surface area contributed by atoms with Gasteiger partial charge in [0.05, 0.1) is 11.9 Å².